The first-order chi connectivity index (χ1) is 14.5. The van der Waals surface area contributed by atoms with Crippen LogP contribution in [0.3, 0.4) is 0 Å². The van der Waals surface area contributed by atoms with Crippen molar-refractivity contribution in [2.45, 2.75) is 16.7 Å². The molecule has 164 valence electrons. The molecule has 0 fully saturated rings. The Hall–Kier alpha value is -2.90. The van der Waals surface area contributed by atoms with Crippen LogP contribution in [0.5, 0.6) is 0 Å². The zero-order valence-electron chi connectivity index (χ0n) is 16.5. The lowest BCUT2D eigenvalue weighted by molar-refractivity contribution is 0.221. The SMILES string of the molecule is COCNc1cc(C)ccc1N=Nc1cc(S(=O)(=O)O)c2cccc(S(=O)(=O)O)c2c1. The molecule has 0 aromatic heterocycles. The van der Waals surface area contributed by atoms with E-state index >= 15 is 0 Å². The quantitative estimate of drug-likeness (QED) is 0.268. The lowest BCUT2D eigenvalue weighted by Crippen LogP contribution is -2.03. The Balaban J connectivity index is 2.20. The van der Waals surface area contributed by atoms with Crippen LogP contribution in [-0.4, -0.2) is 39.8 Å². The van der Waals surface area contributed by atoms with Crippen molar-refractivity contribution in [3.05, 3.63) is 54.1 Å². The Morgan fingerprint density at radius 2 is 1.61 bits per heavy atom. The Morgan fingerprint density at radius 3 is 2.26 bits per heavy atom. The Kier molecular flexibility index (Phi) is 6.38. The number of nitrogens with zero attached hydrogens (tertiary/aromatic N) is 2. The summed E-state index contributed by atoms with van der Waals surface area (Å²) in [5.41, 5.74) is 1.93. The molecule has 0 saturated carbocycles. The summed E-state index contributed by atoms with van der Waals surface area (Å²) >= 11 is 0. The van der Waals surface area contributed by atoms with Gasteiger partial charge in [-0.25, -0.2) is 0 Å². The van der Waals surface area contributed by atoms with Gasteiger partial charge in [0.05, 0.1) is 11.4 Å². The summed E-state index contributed by atoms with van der Waals surface area (Å²) in [5.74, 6) is 0. The van der Waals surface area contributed by atoms with E-state index in [0.29, 0.717) is 11.4 Å². The number of hydrogen-bond acceptors (Lipinski definition) is 8. The minimum absolute atomic E-state index is 0.0468. The minimum Gasteiger partial charge on any atom is -0.365 e. The van der Waals surface area contributed by atoms with E-state index in [9.17, 15) is 25.9 Å². The van der Waals surface area contributed by atoms with Gasteiger partial charge in [-0.1, -0.05) is 18.2 Å². The number of benzene rings is 3. The Bertz CT molecular complexity index is 1390. The van der Waals surface area contributed by atoms with Crippen LogP contribution < -0.4 is 5.32 Å². The summed E-state index contributed by atoms with van der Waals surface area (Å²) in [5, 5.41) is 10.9. The van der Waals surface area contributed by atoms with Gasteiger partial charge in [-0.2, -0.15) is 21.9 Å². The molecule has 3 aromatic carbocycles. The third-order valence-electron chi connectivity index (χ3n) is 4.29. The molecule has 0 saturated heterocycles. The van der Waals surface area contributed by atoms with Crippen molar-refractivity contribution in [3.8, 4) is 0 Å². The van der Waals surface area contributed by atoms with E-state index in [1.807, 2.05) is 13.0 Å². The van der Waals surface area contributed by atoms with Crippen LogP contribution in [0.1, 0.15) is 5.56 Å². The summed E-state index contributed by atoms with van der Waals surface area (Å²) in [6.07, 6.45) is 0. The van der Waals surface area contributed by atoms with Crippen molar-refractivity contribution >= 4 is 48.1 Å². The molecule has 0 spiro atoms. The lowest BCUT2D eigenvalue weighted by atomic mass is 10.1. The highest BCUT2D eigenvalue weighted by molar-refractivity contribution is 7.86. The molecular formula is C19H19N3O7S2. The second-order valence-corrected chi connectivity index (χ2v) is 9.36. The molecule has 3 N–H and O–H groups in total. The fraction of sp³-hybridized carbons (Fsp3) is 0.158. The molecular weight excluding hydrogens is 446 g/mol. The van der Waals surface area contributed by atoms with E-state index < -0.39 is 30.0 Å². The van der Waals surface area contributed by atoms with Crippen LogP contribution in [-0.2, 0) is 25.0 Å². The second-order valence-electron chi connectivity index (χ2n) is 6.58. The van der Waals surface area contributed by atoms with Crippen LogP contribution in [0.2, 0.25) is 0 Å². The maximum Gasteiger partial charge on any atom is 0.295 e. The number of aryl methyl sites for hydroxylation is 1. The average molecular weight is 466 g/mol. The van der Waals surface area contributed by atoms with Gasteiger partial charge in [0, 0.05) is 17.9 Å². The molecule has 0 aliphatic carbocycles. The largest absolute Gasteiger partial charge is 0.365 e. The van der Waals surface area contributed by atoms with E-state index in [0.717, 1.165) is 17.7 Å². The van der Waals surface area contributed by atoms with E-state index in [-0.39, 0.29) is 23.2 Å². The zero-order valence-corrected chi connectivity index (χ0v) is 18.1. The summed E-state index contributed by atoms with van der Waals surface area (Å²) in [7, 11) is -7.88. The smallest absolute Gasteiger partial charge is 0.295 e. The first-order valence-corrected chi connectivity index (χ1v) is 11.7. The van der Waals surface area contributed by atoms with Crippen molar-refractivity contribution in [1.82, 2.24) is 0 Å². The topological polar surface area (TPSA) is 155 Å². The Morgan fingerprint density at radius 1 is 0.903 bits per heavy atom. The van der Waals surface area contributed by atoms with Gasteiger partial charge in [0.15, 0.2) is 0 Å². The van der Waals surface area contributed by atoms with Crippen molar-refractivity contribution < 1.29 is 30.7 Å². The van der Waals surface area contributed by atoms with E-state index in [4.69, 9.17) is 4.74 Å². The number of methoxy groups -OCH3 is 1. The first kappa shape index (κ1) is 22.8. The maximum atomic E-state index is 11.9. The van der Waals surface area contributed by atoms with Gasteiger partial charge in [-0.05, 0) is 42.8 Å². The lowest BCUT2D eigenvalue weighted by Gasteiger charge is -2.10. The van der Waals surface area contributed by atoms with Crippen LogP contribution >= 0.6 is 0 Å². The van der Waals surface area contributed by atoms with E-state index in [1.165, 1.54) is 25.3 Å². The van der Waals surface area contributed by atoms with Gasteiger partial charge < -0.3 is 10.1 Å². The summed E-state index contributed by atoms with van der Waals surface area (Å²) in [6.45, 7) is 2.10. The highest BCUT2D eigenvalue weighted by atomic mass is 32.2. The second kappa shape index (κ2) is 8.69. The van der Waals surface area contributed by atoms with Gasteiger partial charge in [0.2, 0.25) is 0 Å². The summed E-state index contributed by atoms with van der Waals surface area (Å²) in [4.78, 5) is -1.09. The van der Waals surface area contributed by atoms with Gasteiger partial charge in [0.1, 0.15) is 22.2 Å². The summed E-state index contributed by atoms with van der Waals surface area (Å²) in [6, 6.07) is 11.3. The molecule has 0 aliphatic heterocycles. The monoisotopic (exact) mass is 465 g/mol. The van der Waals surface area contributed by atoms with Crippen molar-refractivity contribution in [1.29, 1.82) is 0 Å². The van der Waals surface area contributed by atoms with Gasteiger partial charge in [-0.3, -0.25) is 9.11 Å². The minimum atomic E-state index is -4.73. The van der Waals surface area contributed by atoms with Crippen molar-refractivity contribution in [2.75, 3.05) is 19.2 Å². The standard InChI is InChI=1S/C19H19N3O7S2/c1-12-6-7-16(17(8-12)20-11-29-2)22-21-13-9-15-14(19(10-13)31(26,27)28)4-3-5-18(15)30(23,24)25/h3-10,20H,11H2,1-2H3,(H,23,24,25)(H,26,27,28). The molecule has 3 rings (SSSR count). The number of hydrogen-bond donors (Lipinski definition) is 3. The molecule has 0 bridgehead atoms. The maximum absolute atomic E-state index is 11.9. The predicted octanol–water partition coefficient (Wildman–Crippen LogP) is 4.07. The summed E-state index contributed by atoms with van der Waals surface area (Å²) < 4.78 is 71.4. The molecule has 31 heavy (non-hydrogen) atoms. The number of nitrogens with one attached hydrogen (secondary N) is 1. The van der Waals surface area contributed by atoms with Gasteiger partial charge >= 0.3 is 0 Å². The molecule has 0 heterocycles. The van der Waals surface area contributed by atoms with E-state index in [2.05, 4.69) is 15.5 Å². The molecule has 0 atom stereocenters. The first-order valence-electron chi connectivity index (χ1n) is 8.77. The molecule has 10 nitrogen and oxygen atoms in total. The van der Waals surface area contributed by atoms with Gasteiger partial charge in [-0.15, -0.1) is 5.11 Å². The molecule has 0 amide bonds. The zero-order chi connectivity index (χ0) is 22.8. The Labute approximate surface area is 179 Å². The number of fused-ring (bicyclic) bond motifs is 1. The van der Waals surface area contributed by atoms with Crippen molar-refractivity contribution in [3.63, 3.8) is 0 Å². The fourth-order valence-corrected chi connectivity index (χ4v) is 4.37. The molecule has 0 unspecified atom stereocenters. The third kappa shape index (κ3) is 5.24. The normalized spacial score (nSPS) is 12.5. The number of rotatable bonds is 7. The van der Waals surface area contributed by atoms with Crippen molar-refractivity contribution in [2.24, 2.45) is 10.2 Å². The predicted molar refractivity (Wildman–Crippen MR) is 114 cm³/mol. The highest BCUT2D eigenvalue weighted by Gasteiger charge is 2.21. The number of azo groups is 1. The third-order valence-corrected chi connectivity index (χ3v) is 6.10. The average Bonchev–Trinajstić information content (AvgIpc) is 2.69. The highest BCUT2D eigenvalue weighted by Crippen LogP contribution is 2.34. The van der Waals surface area contributed by atoms with Crippen LogP contribution in [0, 0.1) is 6.92 Å². The number of ether oxygens (including phenoxy) is 1. The van der Waals surface area contributed by atoms with Crippen LogP contribution in [0.25, 0.3) is 10.8 Å². The van der Waals surface area contributed by atoms with Crippen LogP contribution in [0.4, 0.5) is 17.1 Å². The number of anilines is 1. The molecule has 12 heteroatoms. The van der Waals surface area contributed by atoms with E-state index in [1.54, 1.807) is 12.1 Å². The molecule has 3 aromatic rings. The van der Waals surface area contributed by atoms with Crippen LogP contribution in [0.15, 0.2) is 68.6 Å². The van der Waals surface area contributed by atoms with Gasteiger partial charge in [0.25, 0.3) is 20.2 Å². The molecule has 0 radical (unpaired) electrons. The fourth-order valence-electron chi connectivity index (χ4n) is 2.95. The molecule has 0 aliphatic rings.